The van der Waals surface area contributed by atoms with Crippen LogP contribution in [0.3, 0.4) is 0 Å². The van der Waals surface area contributed by atoms with E-state index in [1.54, 1.807) is 29.3 Å². The number of rotatable bonds is 4. The Hall–Kier alpha value is -2.73. The van der Waals surface area contributed by atoms with Crippen molar-refractivity contribution in [3.05, 3.63) is 53.9 Å². The van der Waals surface area contributed by atoms with Gasteiger partial charge < -0.3 is 15.0 Å². The van der Waals surface area contributed by atoms with Crippen LogP contribution in [0.1, 0.15) is 22.5 Å². The Morgan fingerprint density at radius 1 is 1.29 bits per heavy atom. The number of anilines is 2. The Morgan fingerprint density at radius 2 is 2.17 bits per heavy atom. The van der Waals surface area contributed by atoms with Gasteiger partial charge in [0.2, 0.25) is 0 Å². The number of amides is 2. The predicted molar refractivity (Wildman–Crippen MR) is 91.2 cm³/mol. The van der Waals surface area contributed by atoms with Crippen molar-refractivity contribution >= 4 is 23.2 Å². The number of aromatic nitrogens is 1. The van der Waals surface area contributed by atoms with Crippen LogP contribution in [0.2, 0.25) is 0 Å². The molecule has 2 amide bonds. The second kappa shape index (κ2) is 7.23. The number of hydrogen-bond acceptors (Lipinski definition) is 4. The van der Waals surface area contributed by atoms with Gasteiger partial charge >= 0.3 is 0 Å². The van der Waals surface area contributed by atoms with Gasteiger partial charge in [-0.3, -0.25) is 14.6 Å². The number of aryl methyl sites for hydroxylation is 1. The number of nitrogens with zero attached hydrogens (tertiary/aromatic N) is 2. The molecule has 0 spiro atoms. The molecule has 6 nitrogen and oxygen atoms in total. The molecule has 0 aliphatic carbocycles. The normalized spacial score (nSPS) is 13.3. The third kappa shape index (κ3) is 3.44. The van der Waals surface area contributed by atoms with Crippen LogP contribution < -0.4 is 10.2 Å². The Bertz CT molecular complexity index is 746. The molecule has 2 heterocycles. The molecule has 124 valence electrons. The summed E-state index contributed by atoms with van der Waals surface area (Å²) in [7, 11) is 1.51. The summed E-state index contributed by atoms with van der Waals surface area (Å²) >= 11 is 0. The van der Waals surface area contributed by atoms with Gasteiger partial charge in [0.15, 0.2) is 0 Å². The SMILES string of the molecule is COCC(=O)N1CCCc2ccc(NC(=O)c3ccccn3)cc21. The van der Waals surface area contributed by atoms with Crippen LogP contribution in [0.25, 0.3) is 0 Å². The van der Waals surface area contributed by atoms with Crippen LogP contribution in [0.4, 0.5) is 11.4 Å². The molecule has 1 N–H and O–H groups in total. The predicted octanol–water partition coefficient (Wildman–Crippen LogP) is 2.26. The van der Waals surface area contributed by atoms with Crippen LogP contribution in [-0.4, -0.2) is 37.1 Å². The molecule has 0 bridgehead atoms. The fourth-order valence-electron chi connectivity index (χ4n) is 2.80. The van der Waals surface area contributed by atoms with Gasteiger partial charge in [-0.15, -0.1) is 0 Å². The molecule has 0 saturated heterocycles. The van der Waals surface area contributed by atoms with E-state index in [-0.39, 0.29) is 18.4 Å². The molecule has 0 fully saturated rings. The molecule has 2 aromatic rings. The molecule has 24 heavy (non-hydrogen) atoms. The van der Waals surface area contributed by atoms with E-state index in [2.05, 4.69) is 10.3 Å². The maximum Gasteiger partial charge on any atom is 0.274 e. The van der Waals surface area contributed by atoms with Crippen LogP contribution in [0.5, 0.6) is 0 Å². The van der Waals surface area contributed by atoms with Crippen molar-refractivity contribution in [1.29, 1.82) is 0 Å². The number of carbonyl (C=O) groups is 2. The molecule has 0 atom stereocenters. The molecule has 1 aliphatic rings. The van der Waals surface area contributed by atoms with Gasteiger partial charge in [-0.25, -0.2) is 0 Å². The summed E-state index contributed by atoms with van der Waals surface area (Å²) < 4.78 is 4.96. The maximum atomic E-state index is 12.2. The number of hydrogen-bond donors (Lipinski definition) is 1. The smallest absolute Gasteiger partial charge is 0.274 e. The van der Waals surface area contributed by atoms with Gasteiger partial charge in [-0.05, 0) is 42.7 Å². The lowest BCUT2D eigenvalue weighted by atomic mass is 10.0. The summed E-state index contributed by atoms with van der Waals surface area (Å²) in [6.45, 7) is 0.705. The third-order valence-electron chi connectivity index (χ3n) is 3.93. The summed E-state index contributed by atoms with van der Waals surface area (Å²) in [6.07, 6.45) is 3.41. The number of carbonyl (C=O) groups excluding carboxylic acids is 2. The highest BCUT2D eigenvalue weighted by Gasteiger charge is 2.23. The van der Waals surface area contributed by atoms with Crippen LogP contribution in [0.15, 0.2) is 42.6 Å². The van der Waals surface area contributed by atoms with E-state index in [0.717, 1.165) is 24.1 Å². The third-order valence-corrected chi connectivity index (χ3v) is 3.93. The Balaban J connectivity index is 1.83. The van der Waals surface area contributed by atoms with Crippen molar-refractivity contribution in [2.24, 2.45) is 0 Å². The Morgan fingerprint density at radius 3 is 2.92 bits per heavy atom. The first-order valence-corrected chi connectivity index (χ1v) is 7.83. The average Bonchev–Trinajstić information content (AvgIpc) is 2.62. The van der Waals surface area contributed by atoms with E-state index in [1.165, 1.54) is 7.11 Å². The van der Waals surface area contributed by atoms with Gasteiger partial charge in [0.25, 0.3) is 11.8 Å². The summed E-state index contributed by atoms with van der Waals surface area (Å²) in [6, 6.07) is 10.8. The van der Waals surface area contributed by atoms with Crippen LogP contribution in [-0.2, 0) is 16.0 Å². The van der Waals surface area contributed by atoms with E-state index in [4.69, 9.17) is 4.74 Å². The number of nitrogens with one attached hydrogen (secondary N) is 1. The van der Waals surface area contributed by atoms with E-state index in [9.17, 15) is 9.59 Å². The highest BCUT2D eigenvalue weighted by Crippen LogP contribution is 2.30. The molecule has 6 heteroatoms. The lowest BCUT2D eigenvalue weighted by molar-refractivity contribution is -0.122. The molecule has 1 aliphatic heterocycles. The second-order valence-electron chi connectivity index (χ2n) is 5.59. The molecule has 1 aromatic heterocycles. The summed E-state index contributed by atoms with van der Waals surface area (Å²) in [5.74, 6) is -0.354. The van der Waals surface area contributed by atoms with E-state index in [1.807, 2.05) is 18.2 Å². The quantitative estimate of drug-likeness (QED) is 0.936. The molecule has 0 radical (unpaired) electrons. The zero-order chi connectivity index (χ0) is 16.9. The van der Waals surface area contributed by atoms with Crippen molar-refractivity contribution < 1.29 is 14.3 Å². The molecule has 1 aromatic carbocycles. The minimum Gasteiger partial charge on any atom is -0.375 e. The largest absolute Gasteiger partial charge is 0.375 e. The van der Waals surface area contributed by atoms with Gasteiger partial charge in [0, 0.05) is 31.2 Å². The van der Waals surface area contributed by atoms with Gasteiger partial charge in [-0.1, -0.05) is 12.1 Å². The number of benzene rings is 1. The van der Waals surface area contributed by atoms with E-state index >= 15 is 0 Å². The topological polar surface area (TPSA) is 71.5 Å². The van der Waals surface area contributed by atoms with Crippen molar-refractivity contribution in [2.75, 3.05) is 30.5 Å². The second-order valence-corrected chi connectivity index (χ2v) is 5.59. The Labute approximate surface area is 140 Å². The van der Waals surface area contributed by atoms with Crippen molar-refractivity contribution in [3.8, 4) is 0 Å². The average molecular weight is 325 g/mol. The molecular formula is C18H19N3O3. The zero-order valence-electron chi connectivity index (χ0n) is 13.5. The maximum absolute atomic E-state index is 12.2. The summed E-state index contributed by atoms with van der Waals surface area (Å²) in [5.41, 5.74) is 2.92. The summed E-state index contributed by atoms with van der Waals surface area (Å²) in [4.78, 5) is 30.2. The number of pyridine rings is 1. The first kappa shape index (κ1) is 16.1. The summed E-state index contributed by atoms with van der Waals surface area (Å²) in [5, 5.41) is 2.83. The minimum absolute atomic E-state index is 0.0456. The first-order valence-electron chi connectivity index (χ1n) is 7.83. The fourth-order valence-corrected chi connectivity index (χ4v) is 2.80. The highest BCUT2D eigenvalue weighted by atomic mass is 16.5. The van der Waals surface area contributed by atoms with Crippen LogP contribution in [0, 0.1) is 0 Å². The molecule has 0 saturated carbocycles. The fraction of sp³-hybridized carbons (Fsp3) is 0.278. The number of fused-ring (bicyclic) bond motifs is 1. The Kier molecular flexibility index (Phi) is 4.86. The minimum atomic E-state index is -0.277. The zero-order valence-corrected chi connectivity index (χ0v) is 13.5. The molecular weight excluding hydrogens is 306 g/mol. The van der Waals surface area contributed by atoms with E-state index < -0.39 is 0 Å². The van der Waals surface area contributed by atoms with Crippen molar-refractivity contribution in [2.45, 2.75) is 12.8 Å². The first-order chi connectivity index (χ1) is 11.7. The standard InChI is InChI=1S/C18H19N3O3/c1-24-12-17(22)21-10-4-5-13-7-8-14(11-16(13)21)20-18(23)15-6-2-3-9-19-15/h2-3,6-9,11H,4-5,10,12H2,1H3,(H,20,23). The van der Waals surface area contributed by atoms with Gasteiger partial charge in [0.05, 0.1) is 0 Å². The van der Waals surface area contributed by atoms with E-state index in [0.29, 0.717) is 17.9 Å². The number of methoxy groups -OCH3 is 1. The lowest BCUT2D eigenvalue weighted by Gasteiger charge is -2.29. The van der Waals surface area contributed by atoms with Crippen molar-refractivity contribution in [3.63, 3.8) is 0 Å². The lowest BCUT2D eigenvalue weighted by Crippen LogP contribution is -2.37. The van der Waals surface area contributed by atoms with Crippen molar-refractivity contribution in [1.82, 2.24) is 4.98 Å². The number of ether oxygens (including phenoxy) is 1. The highest BCUT2D eigenvalue weighted by molar-refractivity contribution is 6.03. The monoisotopic (exact) mass is 325 g/mol. The molecule has 3 rings (SSSR count). The van der Waals surface area contributed by atoms with Gasteiger partial charge in [0.1, 0.15) is 12.3 Å². The van der Waals surface area contributed by atoms with Crippen LogP contribution >= 0.6 is 0 Å². The van der Waals surface area contributed by atoms with Gasteiger partial charge in [-0.2, -0.15) is 0 Å². The molecule has 0 unspecified atom stereocenters.